The van der Waals surface area contributed by atoms with Crippen molar-refractivity contribution in [3.63, 3.8) is 0 Å². The highest BCUT2D eigenvalue weighted by atomic mass is 16.5. The Balaban J connectivity index is 1.56. The van der Waals surface area contributed by atoms with Crippen LogP contribution in [0.1, 0.15) is 5.56 Å². The summed E-state index contributed by atoms with van der Waals surface area (Å²) >= 11 is 0. The molecule has 3 nitrogen and oxygen atoms in total. The van der Waals surface area contributed by atoms with E-state index in [1.807, 2.05) is 73.7 Å². The largest absolute Gasteiger partial charge is 0.484 e. The highest BCUT2D eigenvalue weighted by Crippen LogP contribution is 2.22. The number of amides is 1. The summed E-state index contributed by atoms with van der Waals surface area (Å²) in [7, 11) is 0. The third-order valence-corrected chi connectivity index (χ3v) is 3.63. The Morgan fingerprint density at radius 2 is 1.58 bits per heavy atom. The summed E-state index contributed by atoms with van der Waals surface area (Å²) in [5.41, 5.74) is 4.15. The molecule has 0 atom stereocenters. The summed E-state index contributed by atoms with van der Waals surface area (Å²) in [6, 6.07) is 25.5. The Morgan fingerprint density at radius 3 is 2.29 bits per heavy atom. The molecule has 1 amide bonds. The van der Waals surface area contributed by atoms with E-state index in [0.717, 1.165) is 22.4 Å². The van der Waals surface area contributed by atoms with E-state index in [-0.39, 0.29) is 12.5 Å². The molecule has 0 bridgehead atoms. The molecule has 0 heterocycles. The molecule has 120 valence electrons. The van der Waals surface area contributed by atoms with E-state index in [1.54, 1.807) is 0 Å². The molecular formula is C21H19NO2. The summed E-state index contributed by atoms with van der Waals surface area (Å²) in [6.45, 7) is 1.97. The van der Waals surface area contributed by atoms with Gasteiger partial charge in [0.15, 0.2) is 6.61 Å². The van der Waals surface area contributed by atoms with Gasteiger partial charge in [0.2, 0.25) is 0 Å². The summed E-state index contributed by atoms with van der Waals surface area (Å²) in [4.78, 5) is 11.9. The first-order valence-electron chi connectivity index (χ1n) is 7.85. The Bertz CT molecular complexity index is 811. The number of carbonyl (C=O) groups is 1. The van der Waals surface area contributed by atoms with Crippen molar-refractivity contribution in [3.8, 4) is 16.9 Å². The standard InChI is InChI=1S/C21H19NO2/c1-16-6-5-9-19(14-16)22-21(23)15-24-20-12-10-18(11-13-20)17-7-3-2-4-8-17/h2-14H,15H2,1H3,(H,22,23). The summed E-state index contributed by atoms with van der Waals surface area (Å²) in [5, 5.41) is 2.83. The first-order chi connectivity index (χ1) is 11.7. The van der Waals surface area contributed by atoms with Crippen molar-refractivity contribution in [1.29, 1.82) is 0 Å². The normalized spacial score (nSPS) is 10.2. The van der Waals surface area contributed by atoms with Gasteiger partial charge < -0.3 is 10.1 Å². The predicted molar refractivity (Wildman–Crippen MR) is 97.2 cm³/mol. The van der Waals surface area contributed by atoms with Crippen LogP contribution in [0, 0.1) is 6.92 Å². The fourth-order valence-corrected chi connectivity index (χ4v) is 2.44. The highest BCUT2D eigenvalue weighted by molar-refractivity contribution is 5.91. The molecule has 0 saturated carbocycles. The first kappa shape index (κ1) is 15.8. The molecule has 0 radical (unpaired) electrons. The van der Waals surface area contributed by atoms with E-state index >= 15 is 0 Å². The minimum Gasteiger partial charge on any atom is -0.484 e. The molecule has 0 saturated heterocycles. The summed E-state index contributed by atoms with van der Waals surface area (Å²) in [5.74, 6) is 0.502. The van der Waals surface area contributed by atoms with Crippen LogP contribution in [0.4, 0.5) is 5.69 Å². The van der Waals surface area contributed by atoms with E-state index in [9.17, 15) is 4.79 Å². The number of aryl methyl sites for hydroxylation is 1. The fraction of sp³-hybridized carbons (Fsp3) is 0.0952. The average Bonchev–Trinajstić information content (AvgIpc) is 2.61. The smallest absolute Gasteiger partial charge is 0.262 e. The van der Waals surface area contributed by atoms with E-state index < -0.39 is 0 Å². The van der Waals surface area contributed by atoms with Gasteiger partial charge in [-0.1, -0.05) is 54.6 Å². The highest BCUT2D eigenvalue weighted by Gasteiger charge is 2.04. The Kier molecular flexibility index (Phi) is 4.92. The Morgan fingerprint density at radius 1 is 0.875 bits per heavy atom. The van der Waals surface area contributed by atoms with E-state index in [2.05, 4.69) is 17.4 Å². The number of rotatable bonds is 5. The molecule has 0 aliphatic heterocycles. The maximum absolute atomic E-state index is 11.9. The second-order valence-electron chi connectivity index (χ2n) is 5.60. The molecule has 0 aliphatic carbocycles. The Labute approximate surface area is 141 Å². The van der Waals surface area contributed by atoms with Crippen molar-refractivity contribution in [1.82, 2.24) is 0 Å². The molecule has 0 unspecified atom stereocenters. The lowest BCUT2D eigenvalue weighted by Gasteiger charge is -2.09. The second-order valence-corrected chi connectivity index (χ2v) is 5.60. The van der Waals surface area contributed by atoms with Crippen LogP contribution in [0.3, 0.4) is 0 Å². The predicted octanol–water partition coefficient (Wildman–Crippen LogP) is 4.68. The van der Waals surface area contributed by atoms with Crippen LogP contribution in [-0.2, 0) is 4.79 Å². The summed E-state index contributed by atoms with van der Waals surface area (Å²) < 4.78 is 5.55. The van der Waals surface area contributed by atoms with Crippen LogP contribution in [0.15, 0.2) is 78.9 Å². The van der Waals surface area contributed by atoms with Crippen LogP contribution in [0.2, 0.25) is 0 Å². The molecular weight excluding hydrogens is 298 g/mol. The number of benzene rings is 3. The molecule has 3 heteroatoms. The number of nitrogens with one attached hydrogen (secondary N) is 1. The number of anilines is 1. The Hall–Kier alpha value is -3.07. The van der Waals surface area contributed by atoms with Gasteiger partial charge in [-0.05, 0) is 47.9 Å². The molecule has 3 aromatic carbocycles. The van der Waals surface area contributed by atoms with Crippen LogP contribution in [0.25, 0.3) is 11.1 Å². The first-order valence-corrected chi connectivity index (χ1v) is 7.85. The van der Waals surface area contributed by atoms with E-state index in [1.165, 1.54) is 0 Å². The van der Waals surface area contributed by atoms with Gasteiger partial charge >= 0.3 is 0 Å². The molecule has 0 spiro atoms. The van der Waals surface area contributed by atoms with Gasteiger partial charge in [-0.25, -0.2) is 0 Å². The number of ether oxygens (including phenoxy) is 1. The van der Waals surface area contributed by atoms with Gasteiger partial charge in [0.1, 0.15) is 5.75 Å². The van der Waals surface area contributed by atoms with Gasteiger partial charge in [-0.15, -0.1) is 0 Å². The maximum Gasteiger partial charge on any atom is 0.262 e. The number of hydrogen-bond donors (Lipinski definition) is 1. The SMILES string of the molecule is Cc1cccc(NC(=O)COc2ccc(-c3ccccc3)cc2)c1. The lowest BCUT2D eigenvalue weighted by molar-refractivity contribution is -0.118. The van der Waals surface area contributed by atoms with Crippen LogP contribution < -0.4 is 10.1 Å². The zero-order chi connectivity index (χ0) is 16.8. The van der Waals surface area contributed by atoms with Gasteiger partial charge in [0.25, 0.3) is 5.91 Å². The minimum absolute atomic E-state index is 0.0153. The van der Waals surface area contributed by atoms with Crippen molar-refractivity contribution in [3.05, 3.63) is 84.4 Å². The molecule has 0 fully saturated rings. The quantitative estimate of drug-likeness (QED) is 0.742. The topological polar surface area (TPSA) is 38.3 Å². The molecule has 3 rings (SSSR count). The van der Waals surface area contributed by atoms with Gasteiger partial charge in [-0.2, -0.15) is 0 Å². The van der Waals surface area contributed by atoms with E-state index in [4.69, 9.17) is 4.74 Å². The van der Waals surface area contributed by atoms with Gasteiger partial charge in [-0.3, -0.25) is 4.79 Å². The zero-order valence-electron chi connectivity index (χ0n) is 13.5. The van der Waals surface area contributed by atoms with Crippen LogP contribution in [-0.4, -0.2) is 12.5 Å². The third-order valence-electron chi connectivity index (χ3n) is 3.63. The van der Waals surface area contributed by atoms with Gasteiger partial charge in [0, 0.05) is 5.69 Å². The zero-order valence-corrected chi connectivity index (χ0v) is 13.5. The van der Waals surface area contributed by atoms with E-state index in [0.29, 0.717) is 5.75 Å². The minimum atomic E-state index is -0.173. The third kappa shape index (κ3) is 4.23. The fourth-order valence-electron chi connectivity index (χ4n) is 2.44. The lowest BCUT2D eigenvalue weighted by Crippen LogP contribution is -2.20. The maximum atomic E-state index is 11.9. The van der Waals surface area contributed by atoms with Crippen LogP contribution >= 0.6 is 0 Å². The number of hydrogen-bond acceptors (Lipinski definition) is 2. The lowest BCUT2D eigenvalue weighted by atomic mass is 10.1. The average molecular weight is 317 g/mol. The molecule has 24 heavy (non-hydrogen) atoms. The molecule has 0 aromatic heterocycles. The van der Waals surface area contributed by atoms with Crippen molar-refractivity contribution in [2.75, 3.05) is 11.9 Å². The molecule has 1 N–H and O–H groups in total. The van der Waals surface area contributed by atoms with Crippen molar-refractivity contribution >= 4 is 11.6 Å². The van der Waals surface area contributed by atoms with Crippen molar-refractivity contribution < 1.29 is 9.53 Å². The van der Waals surface area contributed by atoms with Crippen LogP contribution in [0.5, 0.6) is 5.75 Å². The van der Waals surface area contributed by atoms with Crippen molar-refractivity contribution in [2.45, 2.75) is 6.92 Å². The molecule has 0 aliphatic rings. The van der Waals surface area contributed by atoms with Gasteiger partial charge in [0.05, 0.1) is 0 Å². The van der Waals surface area contributed by atoms with Crippen molar-refractivity contribution in [2.24, 2.45) is 0 Å². The second kappa shape index (κ2) is 7.47. The molecule has 3 aromatic rings. The number of carbonyl (C=O) groups excluding carboxylic acids is 1. The summed E-state index contributed by atoms with van der Waals surface area (Å²) in [6.07, 6.45) is 0. The monoisotopic (exact) mass is 317 g/mol.